The fourth-order valence-electron chi connectivity index (χ4n) is 1.52. The molecule has 0 spiro atoms. The average molecular weight is 211 g/mol. The Bertz CT molecular complexity index is 270. The van der Waals surface area contributed by atoms with Gasteiger partial charge in [0.25, 0.3) is 0 Å². The van der Waals surface area contributed by atoms with Crippen LogP contribution in [0.4, 0.5) is 0 Å². The van der Waals surface area contributed by atoms with Crippen molar-refractivity contribution in [3.8, 4) is 11.8 Å². The number of hydrogen-bond donors (Lipinski definition) is 0. The van der Waals surface area contributed by atoms with E-state index >= 15 is 0 Å². The highest BCUT2D eigenvalue weighted by molar-refractivity contribution is 6.21. The minimum Gasteiger partial charge on any atom is -0.118 e. The van der Waals surface area contributed by atoms with Crippen LogP contribution < -0.4 is 0 Å². The van der Waals surface area contributed by atoms with Gasteiger partial charge in [-0.2, -0.15) is 0 Å². The second-order valence-electron chi connectivity index (χ2n) is 4.96. The molecule has 1 atom stereocenters. The maximum absolute atomic E-state index is 6.06. The molecule has 1 aliphatic carbocycles. The molecule has 0 nitrogen and oxygen atoms in total. The third-order valence-electron chi connectivity index (χ3n) is 2.17. The van der Waals surface area contributed by atoms with E-state index in [4.69, 9.17) is 11.6 Å². The number of alkyl halides is 1. The molecule has 0 saturated carbocycles. The van der Waals surface area contributed by atoms with Gasteiger partial charge in [-0.15, -0.1) is 11.6 Å². The Balaban J connectivity index is 2.48. The summed E-state index contributed by atoms with van der Waals surface area (Å²) in [5.41, 5.74) is 1.54. The normalized spacial score (nSPS) is 22.3. The summed E-state index contributed by atoms with van der Waals surface area (Å²) in [6.45, 7) is 6.42. The van der Waals surface area contributed by atoms with E-state index in [1.807, 2.05) is 0 Å². The summed E-state index contributed by atoms with van der Waals surface area (Å²) < 4.78 is 0. The van der Waals surface area contributed by atoms with Crippen LogP contribution in [0, 0.1) is 17.3 Å². The van der Waals surface area contributed by atoms with Gasteiger partial charge in [0.2, 0.25) is 0 Å². The van der Waals surface area contributed by atoms with Crippen molar-refractivity contribution >= 4 is 11.6 Å². The summed E-state index contributed by atoms with van der Waals surface area (Å²) in [7, 11) is 0. The molecule has 0 bridgehead atoms. The van der Waals surface area contributed by atoms with Crippen LogP contribution in [0.25, 0.3) is 0 Å². The van der Waals surface area contributed by atoms with Gasteiger partial charge in [0, 0.05) is 11.8 Å². The summed E-state index contributed by atoms with van der Waals surface area (Å²) in [6, 6.07) is 0. The molecular formula is C13H19Cl. The van der Waals surface area contributed by atoms with E-state index in [1.54, 1.807) is 0 Å². The predicted octanol–water partition coefficient (Wildman–Crippen LogP) is 4.14. The Morgan fingerprint density at radius 2 is 2.21 bits per heavy atom. The van der Waals surface area contributed by atoms with Crippen LogP contribution in [0.3, 0.4) is 0 Å². The van der Waals surface area contributed by atoms with Crippen molar-refractivity contribution in [1.29, 1.82) is 0 Å². The lowest BCUT2D eigenvalue weighted by molar-refractivity contribution is 0.570. The lowest BCUT2D eigenvalue weighted by atomic mass is 9.95. The second kappa shape index (κ2) is 4.89. The smallest absolute Gasteiger partial charge is 0.0519 e. The zero-order valence-electron chi connectivity index (χ0n) is 9.36. The van der Waals surface area contributed by atoms with Gasteiger partial charge >= 0.3 is 0 Å². The minimum atomic E-state index is 0.121. The molecule has 0 radical (unpaired) electrons. The van der Waals surface area contributed by atoms with Crippen LogP contribution >= 0.6 is 11.6 Å². The van der Waals surface area contributed by atoms with E-state index in [-0.39, 0.29) is 10.8 Å². The highest BCUT2D eigenvalue weighted by Gasteiger charge is 2.10. The van der Waals surface area contributed by atoms with Gasteiger partial charge in [0.1, 0.15) is 0 Å². The van der Waals surface area contributed by atoms with Crippen molar-refractivity contribution in [2.75, 3.05) is 0 Å². The van der Waals surface area contributed by atoms with Gasteiger partial charge in [0.15, 0.2) is 0 Å². The van der Waals surface area contributed by atoms with Gasteiger partial charge in [-0.1, -0.05) is 23.5 Å². The van der Waals surface area contributed by atoms with Gasteiger partial charge in [0.05, 0.1) is 5.38 Å². The molecule has 0 aromatic rings. The van der Waals surface area contributed by atoms with Crippen molar-refractivity contribution in [3.05, 3.63) is 11.6 Å². The minimum absolute atomic E-state index is 0.121. The van der Waals surface area contributed by atoms with Crippen LogP contribution in [-0.4, -0.2) is 5.38 Å². The topological polar surface area (TPSA) is 0 Å². The first-order valence-corrected chi connectivity index (χ1v) is 5.75. The van der Waals surface area contributed by atoms with Crippen LogP contribution in [0.2, 0.25) is 0 Å². The molecule has 0 aromatic carbocycles. The molecule has 0 heterocycles. The second-order valence-corrected chi connectivity index (χ2v) is 5.52. The molecule has 1 heteroatoms. The molecule has 1 aliphatic rings. The Morgan fingerprint density at radius 3 is 2.79 bits per heavy atom. The summed E-state index contributed by atoms with van der Waals surface area (Å²) in [6.07, 6.45) is 6.61. The quantitative estimate of drug-likeness (QED) is 0.347. The van der Waals surface area contributed by atoms with Crippen LogP contribution in [-0.2, 0) is 0 Å². The zero-order chi connectivity index (χ0) is 10.6. The van der Waals surface area contributed by atoms with Gasteiger partial charge in [-0.3, -0.25) is 0 Å². The standard InChI is InChI=1S/C13H19Cl/c1-13(2,3)9-5-7-11-6-4-8-12(14)10-11/h10,12H,4,6-8H2,1-3H3. The maximum Gasteiger partial charge on any atom is 0.0519 e. The number of allylic oxidation sites excluding steroid dienone is 2. The molecule has 1 unspecified atom stereocenters. The highest BCUT2D eigenvalue weighted by atomic mass is 35.5. The van der Waals surface area contributed by atoms with Gasteiger partial charge in [-0.25, -0.2) is 0 Å². The fraction of sp³-hybridized carbons (Fsp3) is 0.692. The SMILES string of the molecule is CC(C)(C)C#CCC1=CC(Cl)CCC1. The molecule has 78 valence electrons. The molecule has 14 heavy (non-hydrogen) atoms. The Morgan fingerprint density at radius 1 is 1.50 bits per heavy atom. The number of hydrogen-bond acceptors (Lipinski definition) is 0. The summed E-state index contributed by atoms with van der Waals surface area (Å²) in [5.74, 6) is 6.49. The first kappa shape index (κ1) is 11.7. The Hall–Kier alpha value is -0.410. The zero-order valence-corrected chi connectivity index (χ0v) is 10.1. The van der Waals surface area contributed by atoms with Crippen LogP contribution in [0.15, 0.2) is 11.6 Å². The molecule has 0 N–H and O–H groups in total. The molecule has 0 fully saturated rings. The Kier molecular flexibility index (Phi) is 4.08. The average Bonchev–Trinajstić information content (AvgIpc) is 2.01. The third kappa shape index (κ3) is 4.72. The summed E-state index contributed by atoms with van der Waals surface area (Å²) >= 11 is 6.06. The molecular weight excluding hydrogens is 192 g/mol. The Labute approximate surface area is 92.7 Å². The van der Waals surface area contributed by atoms with Gasteiger partial charge < -0.3 is 0 Å². The molecule has 0 saturated heterocycles. The largest absolute Gasteiger partial charge is 0.118 e. The van der Waals surface area contributed by atoms with E-state index in [9.17, 15) is 0 Å². The van der Waals surface area contributed by atoms with Crippen molar-refractivity contribution in [1.82, 2.24) is 0 Å². The van der Waals surface area contributed by atoms with Crippen LogP contribution in [0.5, 0.6) is 0 Å². The monoisotopic (exact) mass is 210 g/mol. The predicted molar refractivity (Wildman–Crippen MR) is 63.4 cm³/mol. The van der Waals surface area contributed by atoms with Crippen molar-refractivity contribution in [3.63, 3.8) is 0 Å². The van der Waals surface area contributed by atoms with E-state index in [1.165, 1.54) is 18.4 Å². The fourth-order valence-corrected chi connectivity index (χ4v) is 1.85. The molecule has 1 rings (SSSR count). The number of halogens is 1. The molecule has 0 amide bonds. The third-order valence-corrected chi connectivity index (χ3v) is 2.52. The highest BCUT2D eigenvalue weighted by Crippen LogP contribution is 2.23. The van der Waals surface area contributed by atoms with Crippen molar-refractivity contribution in [2.45, 2.75) is 51.8 Å². The summed E-state index contributed by atoms with van der Waals surface area (Å²) in [5, 5.41) is 0.246. The van der Waals surface area contributed by atoms with E-state index in [2.05, 4.69) is 38.7 Å². The first-order valence-electron chi connectivity index (χ1n) is 5.31. The number of rotatable bonds is 1. The van der Waals surface area contributed by atoms with Crippen LogP contribution in [0.1, 0.15) is 46.5 Å². The maximum atomic E-state index is 6.06. The lowest BCUT2D eigenvalue weighted by Crippen LogP contribution is -2.03. The molecule has 0 aliphatic heterocycles. The first-order chi connectivity index (χ1) is 6.47. The van der Waals surface area contributed by atoms with Crippen molar-refractivity contribution < 1.29 is 0 Å². The van der Waals surface area contributed by atoms with Crippen molar-refractivity contribution in [2.24, 2.45) is 5.41 Å². The summed E-state index contributed by atoms with van der Waals surface area (Å²) in [4.78, 5) is 0. The van der Waals surface area contributed by atoms with E-state index in [0.717, 1.165) is 12.8 Å². The van der Waals surface area contributed by atoms with E-state index < -0.39 is 0 Å². The lowest BCUT2D eigenvalue weighted by Gasteiger charge is -2.14. The van der Waals surface area contributed by atoms with Gasteiger partial charge in [-0.05, 0) is 40.0 Å². The molecule has 0 aromatic heterocycles. The van der Waals surface area contributed by atoms with E-state index in [0.29, 0.717) is 0 Å².